The highest BCUT2D eigenvalue weighted by Gasteiger charge is 2.21. The molecule has 1 aliphatic rings. The van der Waals surface area contributed by atoms with Crippen LogP contribution in [0.15, 0.2) is 47.6 Å². The van der Waals surface area contributed by atoms with Gasteiger partial charge in [0.05, 0.1) is 0 Å². The molecule has 3 heteroatoms. The molecule has 0 unspecified atom stereocenters. The van der Waals surface area contributed by atoms with E-state index in [1.807, 2.05) is 30.3 Å². The number of nitrogens with zero attached hydrogens (tertiary/aromatic N) is 1. The molecule has 0 aliphatic carbocycles. The van der Waals surface area contributed by atoms with Crippen LogP contribution in [0.2, 0.25) is 0 Å². The van der Waals surface area contributed by atoms with Crippen LogP contribution >= 0.6 is 0 Å². The number of carbonyl (C=O) groups is 1. The zero-order valence-corrected chi connectivity index (χ0v) is 6.86. The van der Waals surface area contributed by atoms with Gasteiger partial charge in [-0.05, 0) is 12.1 Å². The van der Waals surface area contributed by atoms with Crippen LogP contribution in [0.1, 0.15) is 5.56 Å². The first kappa shape index (κ1) is 7.73. The van der Waals surface area contributed by atoms with Gasteiger partial charge in [0, 0.05) is 5.56 Å². The zero-order valence-electron chi connectivity index (χ0n) is 6.86. The fourth-order valence-corrected chi connectivity index (χ4v) is 1.04. The van der Waals surface area contributed by atoms with E-state index in [0.29, 0.717) is 5.90 Å². The smallest absolute Gasteiger partial charge is 0.363 e. The monoisotopic (exact) mass is 173 g/mol. The van der Waals surface area contributed by atoms with E-state index in [1.54, 1.807) is 0 Å². The lowest BCUT2D eigenvalue weighted by Crippen LogP contribution is -2.04. The Morgan fingerprint density at radius 1 is 1.23 bits per heavy atom. The maximum Gasteiger partial charge on any atom is 0.363 e. The summed E-state index contributed by atoms with van der Waals surface area (Å²) in [6.45, 7) is 3.45. The van der Waals surface area contributed by atoms with Gasteiger partial charge in [0.15, 0.2) is 0 Å². The first-order valence-corrected chi connectivity index (χ1v) is 3.82. The summed E-state index contributed by atoms with van der Waals surface area (Å²) in [5, 5.41) is 0. The number of cyclic esters (lactones) is 1. The summed E-state index contributed by atoms with van der Waals surface area (Å²) in [5.74, 6) is -0.144. The Morgan fingerprint density at radius 3 is 2.46 bits per heavy atom. The number of ether oxygens (including phenoxy) is 1. The minimum atomic E-state index is -0.473. The fraction of sp³-hybridized carbons (Fsp3) is 0. The average Bonchev–Trinajstić information content (AvgIpc) is 2.49. The minimum absolute atomic E-state index is 0.152. The summed E-state index contributed by atoms with van der Waals surface area (Å²) in [6, 6.07) is 9.24. The highest BCUT2D eigenvalue weighted by molar-refractivity contribution is 6.10. The third kappa shape index (κ3) is 1.36. The summed E-state index contributed by atoms with van der Waals surface area (Å²) in [6.07, 6.45) is 0. The predicted molar refractivity (Wildman–Crippen MR) is 48.2 cm³/mol. The van der Waals surface area contributed by atoms with Crippen molar-refractivity contribution >= 4 is 11.9 Å². The van der Waals surface area contributed by atoms with Crippen molar-refractivity contribution in [1.82, 2.24) is 0 Å². The van der Waals surface area contributed by atoms with E-state index < -0.39 is 5.97 Å². The van der Waals surface area contributed by atoms with E-state index >= 15 is 0 Å². The van der Waals surface area contributed by atoms with Gasteiger partial charge in [0.1, 0.15) is 5.70 Å². The number of hydrogen-bond acceptors (Lipinski definition) is 3. The zero-order chi connectivity index (χ0) is 9.26. The summed E-state index contributed by atoms with van der Waals surface area (Å²) in [4.78, 5) is 14.8. The Hall–Kier alpha value is -1.90. The number of hydrogen-bond donors (Lipinski definition) is 0. The molecule has 0 atom stereocenters. The molecule has 2 rings (SSSR count). The van der Waals surface area contributed by atoms with Crippen molar-refractivity contribution in [2.45, 2.75) is 0 Å². The average molecular weight is 173 g/mol. The van der Waals surface area contributed by atoms with Crippen LogP contribution in [-0.2, 0) is 9.53 Å². The Labute approximate surface area is 75.4 Å². The van der Waals surface area contributed by atoms with Gasteiger partial charge in [-0.25, -0.2) is 9.79 Å². The second kappa shape index (κ2) is 2.86. The second-order valence-electron chi connectivity index (χ2n) is 2.62. The number of aliphatic imine (C=N–C) groups is 1. The first-order valence-electron chi connectivity index (χ1n) is 3.82. The molecule has 0 aromatic heterocycles. The molecule has 13 heavy (non-hydrogen) atoms. The normalized spacial score (nSPS) is 15.5. The Morgan fingerprint density at radius 2 is 1.92 bits per heavy atom. The Kier molecular flexibility index (Phi) is 1.70. The summed E-state index contributed by atoms with van der Waals surface area (Å²) in [7, 11) is 0. The van der Waals surface area contributed by atoms with E-state index in [-0.39, 0.29) is 5.70 Å². The van der Waals surface area contributed by atoms with Crippen LogP contribution in [0.3, 0.4) is 0 Å². The standard InChI is InChI=1S/C10H7NO2/c1-7-10(12)13-9(11-7)8-5-3-2-4-6-8/h2-6H,1H2. The van der Waals surface area contributed by atoms with Gasteiger partial charge in [-0.1, -0.05) is 24.8 Å². The maximum absolute atomic E-state index is 10.9. The van der Waals surface area contributed by atoms with E-state index in [4.69, 9.17) is 4.74 Å². The third-order valence-corrected chi connectivity index (χ3v) is 1.68. The Balaban J connectivity index is 2.35. The van der Waals surface area contributed by atoms with Gasteiger partial charge < -0.3 is 4.74 Å². The molecule has 64 valence electrons. The number of rotatable bonds is 1. The number of benzene rings is 1. The van der Waals surface area contributed by atoms with Crippen molar-refractivity contribution in [3.8, 4) is 0 Å². The molecular formula is C10H7NO2. The molecule has 1 heterocycles. The summed E-state index contributed by atoms with van der Waals surface area (Å²) in [5.41, 5.74) is 0.938. The fourth-order valence-electron chi connectivity index (χ4n) is 1.04. The molecule has 0 amide bonds. The van der Waals surface area contributed by atoms with E-state index in [0.717, 1.165) is 5.56 Å². The molecule has 1 aromatic carbocycles. The van der Waals surface area contributed by atoms with E-state index in [1.165, 1.54) is 0 Å². The van der Waals surface area contributed by atoms with Gasteiger partial charge in [0.2, 0.25) is 5.90 Å². The van der Waals surface area contributed by atoms with E-state index in [9.17, 15) is 4.79 Å². The van der Waals surface area contributed by atoms with Crippen molar-refractivity contribution in [3.05, 3.63) is 48.2 Å². The molecule has 0 saturated carbocycles. The molecule has 0 bridgehead atoms. The van der Waals surface area contributed by atoms with Crippen molar-refractivity contribution in [2.24, 2.45) is 4.99 Å². The lowest BCUT2D eigenvalue weighted by atomic mass is 10.2. The topological polar surface area (TPSA) is 38.7 Å². The van der Waals surface area contributed by atoms with Gasteiger partial charge in [0.25, 0.3) is 0 Å². The number of esters is 1. The lowest BCUT2D eigenvalue weighted by molar-refractivity contribution is -0.129. The third-order valence-electron chi connectivity index (χ3n) is 1.68. The van der Waals surface area contributed by atoms with Crippen LogP contribution in [0, 0.1) is 0 Å². The van der Waals surface area contributed by atoms with Crippen LogP contribution in [-0.4, -0.2) is 11.9 Å². The molecule has 0 N–H and O–H groups in total. The molecule has 0 spiro atoms. The minimum Gasteiger partial charge on any atom is -0.402 e. The van der Waals surface area contributed by atoms with Crippen molar-refractivity contribution in [2.75, 3.05) is 0 Å². The molecule has 3 nitrogen and oxygen atoms in total. The summed E-state index contributed by atoms with van der Waals surface area (Å²) < 4.78 is 4.87. The molecule has 0 fully saturated rings. The molecular weight excluding hydrogens is 166 g/mol. The van der Waals surface area contributed by atoms with Crippen molar-refractivity contribution < 1.29 is 9.53 Å². The van der Waals surface area contributed by atoms with Gasteiger partial charge in [-0.2, -0.15) is 0 Å². The maximum atomic E-state index is 10.9. The largest absolute Gasteiger partial charge is 0.402 e. The SMILES string of the molecule is C=C1N=C(c2ccccc2)OC1=O. The van der Waals surface area contributed by atoms with Crippen molar-refractivity contribution in [1.29, 1.82) is 0 Å². The Bertz CT molecular complexity index is 393. The van der Waals surface area contributed by atoms with Crippen LogP contribution in [0.25, 0.3) is 0 Å². The van der Waals surface area contributed by atoms with Gasteiger partial charge in [-0.15, -0.1) is 0 Å². The van der Waals surface area contributed by atoms with Crippen LogP contribution < -0.4 is 0 Å². The molecule has 0 radical (unpaired) electrons. The van der Waals surface area contributed by atoms with Crippen LogP contribution in [0.5, 0.6) is 0 Å². The van der Waals surface area contributed by atoms with Gasteiger partial charge in [-0.3, -0.25) is 0 Å². The second-order valence-corrected chi connectivity index (χ2v) is 2.62. The van der Waals surface area contributed by atoms with Crippen LogP contribution in [0.4, 0.5) is 0 Å². The summed E-state index contributed by atoms with van der Waals surface area (Å²) >= 11 is 0. The van der Waals surface area contributed by atoms with Gasteiger partial charge >= 0.3 is 5.97 Å². The number of carbonyl (C=O) groups excluding carboxylic acids is 1. The quantitative estimate of drug-likeness (QED) is 0.477. The molecule has 1 aromatic rings. The highest BCUT2D eigenvalue weighted by Crippen LogP contribution is 2.13. The molecule has 0 saturated heterocycles. The first-order chi connectivity index (χ1) is 6.27. The molecule has 1 aliphatic heterocycles. The predicted octanol–water partition coefficient (Wildman–Crippen LogP) is 1.50. The highest BCUT2D eigenvalue weighted by atomic mass is 16.6. The van der Waals surface area contributed by atoms with Crippen molar-refractivity contribution in [3.63, 3.8) is 0 Å². The van der Waals surface area contributed by atoms with E-state index in [2.05, 4.69) is 11.6 Å². The lowest BCUT2D eigenvalue weighted by Gasteiger charge is -1.96.